The van der Waals surface area contributed by atoms with Crippen molar-refractivity contribution in [1.29, 1.82) is 0 Å². The molecule has 2 heterocycles. The standard InChI is InChI=1S/C11H22N2O/c1-10(2)13-7-5-11(8-13)4-6-12(3)9-14-11/h10H,4-9H2,1-3H3. The third-order valence-corrected chi connectivity index (χ3v) is 3.62. The van der Waals surface area contributed by atoms with Gasteiger partial charge in [-0.2, -0.15) is 0 Å². The second-order valence-corrected chi connectivity index (χ2v) is 5.10. The highest BCUT2D eigenvalue weighted by Gasteiger charge is 2.41. The van der Waals surface area contributed by atoms with Crippen molar-refractivity contribution < 1.29 is 4.74 Å². The van der Waals surface area contributed by atoms with Crippen LogP contribution in [0.2, 0.25) is 0 Å². The molecule has 2 aliphatic rings. The van der Waals surface area contributed by atoms with Crippen molar-refractivity contribution in [2.24, 2.45) is 0 Å². The molecule has 0 aromatic carbocycles. The summed E-state index contributed by atoms with van der Waals surface area (Å²) in [6.45, 7) is 8.89. The largest absolute Gasteiger partial charge is 0.358 e. The van der Waals surface area contributed by atoms with Gasteiger partial charge in [0.2, 0.25) is 0 Å². The van der Waals surface area contributed by atoms with Crippen molar-refractivity contribution >= 4 is 0 Å². The van der Waals surface area contributed by atoms with Crippen LogP contribution in [0.3, 0.4) is 0 Å². The van der Waals surface area contributed by atoms with Crippen LogP contribution in [0.1, 0.15) is 26.7 Å². The number of nitrogens with zero attached hydrogens (tertiary/aromatic N) is 2. The third-order valence-electron chi connectivity index (χ3n) is 3.62. The Morgan fingerprint density at radius 1 is 1.21 bits per heavy atom. The molecule has 0 bridgehead atoms. The van der Waals surface area contributed by atoms with Crippen molar-refractivity contribution in [3.63, 3.8) is 0 Å². The highest BCUT2D eigenvalue weighted by Crippen LogP contribution is 2.32. The van der Waals surface area contributed by atoms with Gasteiger partial charge >= 0.3 is 0 Å². The van der Waals surface area contributed by atoms with Crippen LogP contribution in [0.4, 0.5) is 0 Å². The molecule has 2 aliphatic heterocycles. The van der Waals surface area contributed by atoms with Crippen LogP contribution in [0.25, 0.3) is 0 Å². The molecule has 2 rings (SSSR count). The van der Waals surface area contributed by atoms with E-state index in [-0.39, 0.29) is 5.60 Å². The molecule has 0 saturated carbocycles. The minimum absolute atomic E-state index is 0.191. The van der Waals surface area contributed by atoms with Crippen LogP contribution >= 0.6 is 0 Å². The van der Waals surface area contributed by atoms with E-state index in [1.54, 1.807) is 0 Å². The average molecular weight is 198 g/mol. The quantitative estimate of drug-likeness (QED) is 0.628. The van der Waals surface area contributed by atoms with Gasteiger partial charge in [-0.25, -0.2) is 0 Å². The molecule has 1 atom stereocenters. The fraction of sp³-hybridized carbons (Fsp3) is 1.00. The highest BCUT2D eigenvalue weighted by atomic mass is 16.5. The van der Waals surface area contributed by atoms with Gasteiger partial charge in [-0.3, -0.25) is 9.80 Å². The van der Waals surface area contributed by atoms with Crippen molar-refractivity contribution in [2.45, 2.75) is 38.3 Å². The summed E-state index contributed by atoms with van der Waals surface area (Å²) in [4.78, 5) is 4.79. The topological polar surface area (TPSA) is 15.7 Å². The monoisotopic (exact) mass is 198 g/mol. The van der Waals surface area contributed by atoms with E-state index in [4.69, 9.17) is 4.74 Å². The van der Waals surface area contributed by atoms with Crippen molar-refractivity contribution in [1.82, 2.24) is 9.80 Å². The van der Waals surface area contributed by atoms with Gasteiger partial charge in [-0.05, 0) is 33.7 Å². The number of hydrogen-bond acceptors (Lipinski definition) is 3. The number of hydrogen-bond donors (Lipinski definition) is 0. The molecule has 82 valence electrons. The first-order valence-corrected chi connectivity index (χ1v) is 5.68. The Balaban J connectivity index is 1.93. The molecule has 0 aliphatic carbocycles. The van der Waals surface area contributed by atoms with E-state index in [2.05, 4.69) is 30.7 Å². The summed E-state index contributed by atoms with van der Waals surface area (Å²) in [5.41, 5.74) is 0.191. The Hall–Kier alpha value is -0.120. The van der Waals surface area contributed by atoms with Crippen molar-refractivity contribution in [2.75, 3.05) is 33.4 Å². The van der Waals surface area contributed by atoms with Crippen molar-refractivity contribution in [3.05, 3.63) is 0 Å². The molecule has 0 N–H and O–H groups in total. The zero-order chi connectivity index (χ0) is 10.2. The summed E-state index contributed by atoms with van der Waals surface area (Å²) in [7, 11) is 2.13. The Labute approximate surface area is 87.0 Å². The predicted molar refractivity (Wildman–Crippen MR) is 57.3 cm³/mol. The molecule has 2 saturated heterocycles. The maximum absolute atomic E-state index is 6.00. The summed E-state index contributed by atoms with van der Waals surface area (Å²) in [5.74, 6) is 0. The Morgan fingerprint density at radius 3 is 2.43 bits per heavy atom. The van der Waals surface area contributed by atoms with Crippen LogP contribution in [0.5, 0.6) is 0 Å². The van der Waals surface area contributed by atoms with Crippen LogP contribution < -0.4 is 0 Å². The maximum atomic E-state index is 6.00. The SMILES string of the molecule is CC(C)N1CCC2(CCN(C)CO2)C1. The van der Waals surface area contributed by atoms with Crippen LogP contribution in [-0.2, 0) is 4.74 Å². The van der Waals surface area contributed by atoms with E-state index in [9.17, 15) is 0 Å². The first-order chi connectivity index (χ1) is 6.61. The Morgan fingerprint density at radius 2 is 1.93 bits per heavy atom. The molecule has 0 amide bonds. The molecule has 3 nitrogen and oxygen atoms in total. The lowest BCUT2D eigenvalue weighted by Crippen LogP contribution is -2.47. The zero-order valence-corrected chi connectivity index (χ0v) is 9.62. The third kappa shape index (κ3) is 1.95. The molecule has 1 unspecified atom stereocenters. The van der Waals surface area contributed by atoms with E-state index in [1.165, 1.54) is 25.9 Å². The molecule has 2 fully saturated rings. The normalized spacial score (nSPS) is 36.0. The van der Waals surface area contributed by atoms with Gasteiger partial charge in [0.1, 0.15) is 0 Å². The molecular formula is C11H22N2O. The second-order valence-electron chi connectivity index (χ2n) is 5.10. The zero-order valence-electron chi connectivity index (χ0n) is 9.62. The van der Waals surface area contributed by atoms with Gasteiger partial charge in [-0.1, -0.05) is 0 Å². The minimum Gasteiger partial charge on any atom is -0.358 e. The summed E-state index contributed by atoms with van der Waals surface area (Å²) in [6, 6.07) is 0.664. The number of rotatable bonds is 1. The summed E-state index contributed by atoms with van der Waals surface area (Å²) in [6.07, 6.45) is 2.42. The highest BCUT2D eigenvalue weighted by molar-refractivity contribution is 4.94. The first kappa shape index (κ1) is 10.4. The molecule has 0 aromatic rings. The van der Waals surface area contributed by atoms with Crippen LogP contribution in [0, 0.1) is 0 Å². The lowest BCUT2D eigenvalue weighted by atomic mass is 9.97. The van der Waals surface area contributed by atoms with Gasteiger partial charge < -0.3 is 4.74 Å². The van der Waals surface area contributed by atoms with Crippen LogP contribution in [-0.4, -0.2) is 54.9 Å². The smallest absolute Gasteiger partial charge is 0.0996 e. The van der Waals surface area contributed by atoms with E-state index >= 15 is 0 Å². The Bertz CT molecular complexity index is 197. The maximum Gasteiger partial charge on any atom is 0.0996 e. The number of ether oxygens (including phenoxy) is 1. The van der Waals surface area contributed by atoms with E-state index in [0.29, 0.717) is 6.04 Å². The lowest BCUT2D eigenvalue weighted by Gasteiger charge is -2.38. The second kappa shape index (κ2) is 3.80. The fourth-order valence-corrected chi connectivity index (χ4v) is 2.42. The molecular weight excluding hydrogens is 176 g/mol. The molecule has 14 heavy (non-hydrogen) atoms. The predicted octanol–water partition coefficient (Wildman–Crippen LogP) is 1.15. The van der Waals surface area contributed by atoms with Gasteiger partial charge in [0.25, 0.3) is 0 Å². The van der Waals surface area contributed by atoms with Crippen molar-refractivity contribution in [3.8, 4) is 0 Å². The lowest BCUT2D eigenvalue weighted by molar-refractivity contribution is -0.124. The van der Waals surface area contributed by atoms with E-state index < -0.39 is 0 Å². The van der Waals surface area contributed by atoms with Gasteiger partial charge in [0, 0.05) is 25.7 Å². The minimum atomic E-state index is 0.191. The fourth-order valence-electron chi connectivity index (χ4n) is 2.42. The van der Waals surface area contributed by atoms with Crippen LogP contribution in [0.15, 0.2) is 0 Å². The molecule has 0 radical (unpaired) electrons. The van der Waals surface area contributed by atoms with Gasteiger partial charge in [0.15, 0.2) is 0 Å². The Kier molecular flexibility index (Phi) is 2.82. The first-order valence-electron chi connectivity index (χ1n) is 5.68. The molecule has 3 heteroatoms. The van der Waals surface area contributed by atoms with Gasteiger partial charge in [-0.15, -0.1) is 0 Å². The molecule has 0 aromatic heterocycles. The van der Waals surface area contributed by atoms with E-state index in [0.717, 1.165) is 13.3 Å². The average Bonchev–Trinajstić information content (AvgIpc) is 2.56. The number of likely N-dealkylation sites (tertiary alicyclic amines) is 1. The summed E-state index contributed by atoms with van der Waals surface area (Å²) < 4.78 is 6.00. The molecule has 1 spiro atoms. The summed E-state index contributed by atoms with van der Waals surface area (Å²) in [5, 5.41) is 0. The summed E-state index contributed by atoms with van der Waals surface area (Å²) >= 11 is 0. The van der Waals surface area contributed by atoms with E-state index in [1.807, 2.05) is 0 Å². The van der Waals surface area contributed by atoms with Gasteiger partial charge in [0.05, 0.1) is 12.3 Å².